The molecule has 3 heterocycles. The quantitative estimate of drug-likeness (QED) is 0.802. The van der Waals surface area contributed by atoms with E-state index in [0.717, 1.165) is 64.5 Å². The zero-order chi connectivity index (χ0) is 21.6. The Kier molecular flexibility index (Phi) is 5.40. The van der Waals surface area contributed by atoms with Gasteiger partial charge in [0.1, 0.15) is 5.82 Å². The fourth-order valence-corrected chi connectivity index (χ4v) is 6.12. The van der Waals surface area contributed by atoms with Gasteiger partial charge in [-0.25, -0.2) is 4.39 Å². The normalized spacial score (nSPS) is 31.9. The Morgan fingerprint density at radius 2 is 1.81 bits per heavy atom. The summed E-state index contributed by atoms with van der Waals surface area (Å²) in [5.41, 5.74) is 0.726. The summed E-state index contributed by atoms with van der Waals surface area (Å²) in [5.74, 6) is -0.0490. The second-order valence-electron chi connectivity index (χ2n) is 9.80. The van der Waals surface area contributed by atoms with Gasteiger partial charge in [-0.1, -0.05) is 0 Å². The van der Waals surface area contributed by atoms with Crippen LogP contribution in [0, 0.1) is 11.2 Å². The number of carbonyl (C=O) groups is 2. The van der Waals surface area contributed by atoms with E-state index in [-0.39, 0.29) is 29.8 Å². The lowest BCUT2D eigenvalue weighted by atomic mass is 9.78. The zero-order valence-corrected chi connectivity index (χ0v) is 18.1. The van der Waals surface area contributed by atoms with Gasteiger partial charge in [-0.2, -0.15) is 0 Å². The van der Waals surface area contributed by atoms with Crippen LogP contribution < -0.4 is 9.80 Å². The van der Waals surface area contributed by atoms with Crippen molar-refractivity contribution in [3.05, 3.63) is 24.0 Å². The Morgan fingerprint density at radius 3 is 2.52 bits per heavy atom. The molecule has 4 fully saturated rings. The number of aliphatic hydroxyl groups is 1. The number of piperidine rings is 1. The Morgan fingerprint density at radius 1 is 1.00 bits per heavy atom. The Bertz CT molecular complexity index is 870. The van der Waals surface area contributed by atoms with Crippen molar-refractivity contribution >= 4 is 23.2 Å². The summed E-state index contributed by atoms with van der Waals surface area (Å²) in [6, 6.07) is 5.31. The van der Waals surface area contributed by atoms with Crippen molar-refractivity contribution in [3.63, 3.8) is 0 Å². The van der Waals surface area contributed by atoms with E-state index in [0.29, 0.717) is 30.9 Å². The molecule has 1 atom stereocenters. The molecule has 1 unspecified atom stereocenters. The zero-order valence-electron chi connectivity index (χ0n) is 18.1. The minimum absolute atomic E-state index is 0.0518. The monoisotopic (exact) mass is 429 g/mol. The first kappa shape index (κ1) is 20.7. The Hall–Kier alpha value is -2.15. The van der Waals surface area contributed by atoms with Crippen molar-refractivity contribution in [1.82, 2.24) is 4.90 Å². The number of hydrogen-bond acceptors (Lipinski definition) is 4. The van der Waals surface area contributed by atoms with Crippen LogP contribution in [0.4, 0.5) is 15.8 Å². The highest BCUT2D eigenvalue weighted by Crippen LogP contribution is 2.44. The van der Waals surface area contributed by atoms with E-state index in [9.17, 15) is 14.7 Å². The summed E-state index contributed by atoms with van der Waals surface area (Å²) in [6.45, 7) is 2.71. The van der Waals surface area contributed by atoms with Gasteiger partial charge in [0.25, 0.3) is 0 Å². The molecule has 0 bridgehead atoms. The molecule has 1 aliphatic carbocycles. The molecule has 1 aromatic rings. The van der Waals surface area contributed by atoms with Gasteiger partial charge >= 0.3 is 0 Å². The maximum atomic E-state index is 15.1. The number of carbonyl (C=O) groups excluding carboxylic acids is 2. The maximum absolute atomic E-state index is 15.1. The molecular formula is C24H32FN3O3. The fourth-order valence-electron chi connectivity index (χ4n) is 6.12. The first-order valence-electron chi connectivity index (χ1n) is 11.8. The van der Waals surface area contributed by atoms with Gasteiger partial charge in [-0.15, -0.1) is 0 Å². The topological polar surface area (TPSA) is 64.1 Å². The van der Waals surface area contributed by atoms with Gasteiger partial charge in [-0.3, -0.25) is 9.59 Å². The molecular weight excluding hydrogens is 397 g/mol. The average Bonchev–Trinajstić information content (AvgIpc) is 3.33. The lowest BCUT2D eigenvalue weighted by molar-refractivity contribution is -0.139. The largest absolute Gasteiger partial charge is 0.393 e. The van der Waals surface area contributed by atoms with Crippen LogP contribution in [0.5, 0.6) is 0 Å². The predicted octanol–water partition coefficient (Wildman–Crippen LogP) is 3.07. The molecule has 0 radical (unpaired) electrons. The highest BCUT2D eigenvalue weighted by Gasteiger charge is 2.50. The van der Waals surface area contributed by atoms with E-state index in [4.69, 9.17) is 0 Å². The molecule has 1 aromatic carbocycles. The van der Waals surface area contributed by atoms with Gasteiger partial charge in [0.2, 0.25) is 11.8 Å². The molecule has 2 amide bonds. The number of halogens is 1. The van der Waals surface area contributed by atoms with E-state index < -0.39 is 5.41 Å². The van der Waals surface area contributed by atoms with Gasteiger partial charge in [-0.05, 0) is 69.6 Å². The molecule has 5 rings (SSSR count). The standard InChI is InChI=1S/C24H32FN3O3/c25-20-15-18(27-13-1-3-22(27)30)6-9-21(20)26-12-2-10-24(16-26)11-14-28(23(24)31)17-4-7-19(29)8-5-17/h6,9,15,17,19,29H,1-5,7-8,10-14,16H2/t17-,19-,24?. The van der Waals surface area contributed by atoms with Gasteiger partial charge in [0, 0.05) is 44.3 Å². The van der Waals surface area contributed by atoms with Crippen molar-refractivity contribution < 1.29 is 19.1 Å². The number of amides is 2. The average molecular weight is 430 g/mol. The van der Waals surface area contributed by atoms with Crippen molar-refractivity contribution in [1.29, 1.82) is 0 Å². The van der Waals surface area contributed by atoms with Crippen molar-refractivity contribution in [2.75, 3.05) is 36.0 Å². The van der Waals surface area contributed by atoms with Crippen LogP contribution in [0.15, 0.2) is 18.2 Å². The first-order valence-corrected chi connectivity index (χ1v) is 11.8. The van der Waals surface area contributed by atoms with Crippen LogP contribution in [0.1, 0.15) is 57.8 Å². The number of aliphatic hydroxyl groups excluding tert-OH is 1. The lowest BCUT2D eigenvalue weighted by Gasteiger charge is -2.41. The molecule has 1 spiro atoms. The van der Waals surface area contributed by atoms with Crippen molar-refractivity contribution in [2.24, 2.45) is 5.41 Å². The van der Waals surface area contributed by atoms with E-state index in [1.807, 2.05) is 15.9 Å². The number of likely N-dealkylation sites (tertiary alicyclic amines) is 1. The third kappa shape index (κ3) is 3.71. The number of anilines is 2. The Labute approximate surface area is 183 Å². The molecule has 3 saturated heterocycles. The summed E-state index contributed by atoms with van der Waals surface area (Å²) < 4.78 is 15.1. The number of rotatable bonds is 3. The second kappa shape index (κ2) is 8.08. The molecule has 3 aliphatic heterocycles. The van der Waals surface area contributed by atoms with Crippen LogP contribution >= 0.6 is 0 Å². The van der Waals surface area contributed by atoms with E-state index in [2.05, 4.69) is 0 Å². The van der Waals surface area contributed by atoms with Crippen molar-refractivity contribution in [3.8, 4) is 0 Å². The molecule has 168 valence electrons. The van der Waals surface area contributed by atoms with Crippen LogP contribution in [0.3, 0.4) is 0 Å². The molecule has 0 aromatic heterocycles. The minimum Gasteiger partial charge on any atom is -0.393 e. The molecule has 1 saturated carbocycles. The summed E-state index contributed by atoms with van der Waals surface area (Å²) in [4.78, 5) is 31.2. The summed E-state index contributed by atoms with van der Waals surface area (Å²) >= 11 is 0. The van der Waals surface area contributed by atoms with Gasteiger partial charge in [0.15, 0.2) is 0 Å². The third-order valence-corrected chi connectivity index (χ3v) is 7.89. The molecule has 4 aliphatic rings. The number of nitrogens with zero attached hydrogens (tertiary/aromatic N) is 3. The van der Waals surface area contributed by atoms with Crippen LogP contribution in [0.25, 0.3) is 0 Å². The number of benzene rings is 1. The van der Waals surface area contributed by atoms with E-state index in [1.165, 1.54) is 6.07 Å². The first-order chi connectivity index (χ1) is 15.0. The molecule has 1 N–H and O–H groups in total. The SMILES string of the molecule is O=C1CCCN1c1ccc(N2CCCC3(CCN([C@H]4CC[C@H](O)CC4)C3=O)C2)c(F)c1. The third-order valence-electron chi connectivity index (χ3n) is 7.89. The molecule has 6 nitrogen and oxygen atoms in total. The van der Waals surface area contributed by atoms with E-state index in [1.54, 1.807) is 11.0 Å². The maximum Gasteiger partial charge on any atom is 0.230 e. The smallest absolute Gasteiger partial charge is 0.230 e. The van der Waals surface area contributed by atoms with E-state index >= 15 is 4.39 Å². The highest BCUT2D eigenvalue weighted by atomic mass is 19.1. The van der Waals surface area contributed by atoms with Crippen LogP contribution in [-0.4, -0.2) is 60.1 Å². The van der Waals surface area contributed by atoms with Crippen LogP contribution in [-0.2, 0) is 9.59 Å². The summed E-state index contributed by atoms with van der Waals surface area (Å²) in [6.07, 6.45) is 6.95. The molecule has 7 heteroatoms. The molecule has 31 heavy (non-hydrogen) atoms. The van der Waals surface area contributed by atoms with Crippen LogP contribution in [0.2, 0.25) is 0 Å². The predicted molar refractivity (Wildman–Crippen MR) is 116 cm³/mol. The van der Waals surface area contributed by atoms with Gasteiger partial charge in [0.05, 0.1) is 17.2 Å². The van der Waals surface area contributed by atoms with Crippen molar-refractivity contribution in [2.45, 2.75) is 69.9 Å². The second-order valence-corrected chi connectivity index (χ2v) is 9.80. The fraction of sp³-hybridized carbons (Fsp3) is 0.667. The summed E-state index contributed by atoms with van der Waals surface area (Å²) in [5, 5.41) is 9.80. The Balaban J connectivity index is 1.31. The summed E-state index contributed by atoms with van der Waals surface area (Å²) in [7, 11) is 0. The van der Waals surface area contributed by atoms with Gasteiger partial charge < -0.3 is 19.8 Å². The minimum atomic E-state index is -0.426. The highest BCUT2D eigenvalue weighted by molar-refractivity contribution is 5.95. The lowest BCUT2D eigenvalue weighted by Crippen LogP contribution is -2.50. The number of hydrogen-bond donors (Lipinski definition) is 1.